The van der Waals surface area contributed by atoms with Crippen LogP contribution < -0.4 is 10.7 Å². The van der Waals surface area contributed by atoms with Gasteiger partial charge in [0, 0.05) is 7.05 Å². The second-order valence-corrected chi connectivity index (χ2v) is 3.48. The molecule has 1 aromatic rings. The Hall–Kier alpha value is -1.63. The van der Waals surface area contributed by atoms with Gasteiger partial charge in [0.15, 0.2) is 5.11 Å². The van der Waals surface area contributed by atoms with Gasteiger partial charge in [-0.25, -0.2) is 0 Å². The molecule has 0 saturated heterocycles. The fraction of sp³-hybridized carbons (Fsp3) is 0.200. The van der Waals surface area contributed by atoms with E-state index in [9.17, 15) is 13.2 Å². The molecule has 1 rings (SSSR count). The summed E-state index contributed by atoms with van der Waals surface area (Å²) in [5.74, 6) is 0. The number of benzene rings is 1. The average molecular weight is 261 g/mol. The first-order valence-electron chi connectivity index (χ1n) is 4.61. The second kappa shape index (κ2) is 5.62. The van der Waals surface area contributed by atoms with Gasteiger partial charge in [0.05, 0.1) is 11.8 Å². The summed E-state index contributed by atoms with van der Waals surface area (Å²) >= 11 is 4.74. The minimum Gasteiger partial charge on any atom is -0.364 e. The quantitative estimate of drug-likeness (QED) is 0.486. The topological polar surface area (TPSA) is 36.4 Å². The lowest BCUT2D eigenvalue weighted by atomic mass is 10.1. The maximum atomic E-state index is 12.4. The molecule has 0 atom stereocenters. The number of hydrazone groups is 1. The molecule has 1 aromatic carbocycles. The molecule has 2 N–H and O–H groups in total. The standard InChI is InChI=1S/C10H10F3N3S/c1-14-9(17)16-15-6-7-3-2-4-8(5-7)10(11,12)13/h2-6H,1H3,(H2,14,16,17)/b15-6+. The second-order valence-electron chi connectivity index (χ2n) is 3.07. The van der Waals surface area contributed by atoms with Gasteiger partial charge in [0.2, 0.25) is 0 Å². The van der Waals surface area contributed by atoms with E-state index in [1.165, 1.54) is 18.3 Å². The van der Waals surface area contributed by atoms with Crippen LogP contribution in [0.3, 0.4) is 0 Å². The van der Waals surface area contributed by atoms with Gasteiger partial charge in [-0.05, 0) is 29.9 Å². The van der Waals surface area contributed by atoms with E-state index < -0.39 is 11.7 Å². The van der Waals surface area contributed by atoms with E-state index in [2.05, 4.69) is 15.8 Å². The van der Waals surface area contributed by atoms with Crippen molar-refractivity contribution < 1.29 is 13.2 Å². The van der Waals surface area contributed by atoms with E-state index in [4.69, 9.17) is 12.2 Å². The Kier molecular flexibility index (Phi) is 4.45. The number of hydrogen-bond acceptors (Lipinski definition) is 2. The molecule has 0 aliphatic rings. The zero-order valence-electron chi connectivity index (χ0n) is 8.88. The van der Waals surface area contributed by atoms with Crippen molar-refractivity contribution in [1.82, 2.24) is 10.7 Å². The number of thiocarbonyl (C=S) groups is 1. The Morgan fingerprint density at radius 2 is 2.12 bits per heavy atom. The van der Waals surface area contributed by atoms with Gasteiger partial charge in [-0.15, -0.1) is 0 Å². The highest BCUT2D eigenvalue weighted by molar-refractivity contribution is 7.80. The van der Waals surface area contributed by atoms with Crippen LogP contribution in [0.2, 0.25) is 0 Å². The SMILES string of the molecule is CNC(=S)N/N=C/c1cccc(C(F)(F)F)c1. The molecule has 0 amide bonds. The molecule has 0 spiro atoms. The van der Waals surface area contributed by atoms with E-state index in [1.54, 1.807) is 7.05 Å². The summed E-state index contributed by atoms with van der Waals surface area (Å²) in [6, 6.07) is 4.85. The Labute approximate surface area is 102 Å². The van der Waals surface area contributed by atoms with Crippen molar-refractivity contribution in [2.24, 2.45) is 5.10 Å². The Morgan fingerprint density at radius 1 is 1.41 bits per heavy atom. The van der Waals surface area contributed by atoms with Crippen molar-refractivity contribution in [3.05, 3.63) is 35.4 Å². The highest BCUT2D eigenvalue weighted by atomic mass is 32.1. The summed E-state index contributed by atoms with van der Waals surface area (Å²) in [5.41, 5.74) is 2.08. The molecule has 0 aliphatic heterocycles. The van der Waals surface area contributed by atoms with Gasteiger partial charge in [-0.2, -0.15) is 18.3 Å². The van der Waals surface area contributed by atoms with Gasteiger partial charge >= 0.3 is 6.18 Å². The van der Waals surface area contributed by atoms with Crippen LogP contribution in [-0.4, -0.2) is 18.4 Å². The van der Waals surface area contributed by atoms with Crippen LogP contribution >= 0.6 is 12.2 Å². The Morgan fingerprint density at radius 3 is 2.71 bits per heavy atom. The molecule has 0 fully saturated rings. The highest BCUT2D eigenvalue weighted by Crippen LogP contribution is 2.29. The molecule has 92 valence electrons. The van der Waals surface area contributed by atoms with Crippen molar-refractivity contribution in [3.8, 4) is 0 Å². The van der Waals surface area contributed by atoms with Crippen molar-refractivity contribution in [2.45, 2.75) is 6.18 Å². The summed E-state index contributed by atoms with van der Waals surface area (Å²) in [7, 11) is 1.61. The maximum absolute atomic E-state index is 12.4. The molecule has 17 heavy (non-hydrogen) atoms. The van der Waals surface area contributed by atoms with Gasteiger partial charge < -0.3 is 5.32 Å². The van der Waals surface area contributed by atoms with Gasteiger partial charge in [0.25, 0.3) is 0 Å². The molecule has 3 nitrogen and oxygen atoms in total. The summed E-state index contributed by atoms with van der Waals surface area (Å²) in [5, 5.41) is 6.59. The first-order chi connectivity index (χ1) is 7.93. The van der Waals surface area contributed by atoms with E-state index in [-0.39, 0.29) is 5.11 Å². The van der Waals surface area contributed by atoms with Crippen LogP contribution in [0.1, 0.15) is 11.1 Å². The largest absolute Gasteiger partial charge is 0.416 e. The number of halogens is 3. The maximum Gasteiger partial charge on any atom is 0.416 e. The normalized spacial score (nSPS) is 11.5. The molecule has 0 bridgehead atoms. The number of rotatable bonds is 2. The number of nitrogens with zero attached hydrogens (tertiary/aromatic N) is 1. The minimum absolute atomic E-state index is 0.285. The molecule has 0 saturated carbocycles. The predicted octanol–water partition coefficient (Wildman–Crippen LogP) is 2.13. The average Bonchev–Trinajstić information content (AvgIpc) is 2.28. The lowest BCUT2D eigenvalue weighted by Gasteiger charge is -2.06. The number of hydrogen-bond donors (Lipinski definition) is 2. The molecular formula is C10H10F3N3S. The number of alkyl halides is 3. The summed E-state index contributed by atoms with van der Waals surface area (Å²) in [4.78, 5) is 0. The Balaban J connectivity index is 2.76. The first kappa shape index (κ1) is 13.4. The van der Waals surface area contributed by atoms with Crippen LogP contribution in [0.5, 0.6) is 0 Å². The molecule has 0 heterocycles. The third-order valence-electron chi connectivity index (χ3n) is 1.82. The van der Waals surface area contributed by atoms with E-state index in [0.29, 0.717) is 5.56 Å². The Bertz CT molecular complexity index is 429. The smallest absolute Gasteiger partial charge is 0.364 e. The molecular weight excluding hydrogens is 251 g/mol. The van der Waals surface area contributed by atoms with Crippen LogP contribution in [0.25, 0.3) is 0 Å². The van der Waals surface area contributed by atoms with Crippen LogP contribution in [-0.2, 0) is 6.18 Å². The fourth-order valence-electron chi connectivity index (χ4n) is 1.02. The summed E-state index contributed by atoms with van der Waals surface area (Å²) in [6.45, 7) is 0. The van der Waals surface area contributed by atoms with Crippen LogP contribution in [0.4, 0.5) is 13.2 Å². The van der Waals surface area contributed by atoms with Crippen molar-refractivity contribution in [2.75, 3.05) is 7.05 Å². The zero-order valence-corrected chi connectivity index (χ0v) is 9.69. The van der Waals surface area contributed by atoms with Gasteiger partial charge in [-0.3, -0.25) is 5.43 Å². The van der Waals surface area contributed by atoms with E-state index in [1.807, 2.05) is 0 Å². The van der Waals surface area contributed by atoms with Crippen molar-refractivity contribution >= 4 is 23.5 Å². The number of nitrogens with one attached hydrogen (secondary N) is 2. The summed E-state index contributed by atoms with van der Waals surface area (Å²) < 4.78 is 37.1. The third kappa shape index (κ3) is 4.39. The van der Waals surface area contributed by atoms with Gasteiger partial charge in [0.1, 0.15) is 0 Å². The molecule has 0 aliphatic carbocycles. The molecule has 0 aromatic heterocycles. The van der Waals surface area contributed by atoms with E-state index in [0.717, 1.165) is 12.1 Å². The van der Waals surface area contributed by atoms with Crippen molar-refractivity contribution in [1.29, 1.82) is 0 Å². The molecule has 7 heteroatoms. The summed E-state index contributed by atoms with van der Waals surface area (Å²) in [6.07, 6.45) is -3.09. The zero-order chi connectivity index (χ0) is 12.9. The van der Waals surface area contributed by atoms with E-state index >= 15 is 0 Å². The molecule has 0 unspecified atom stereocenters. The lowest BCUT2D eigenvalue weighted by molar-refractivity contribution is -0.137. The van der Waals surface area contributed by atoms with Crippen LogP contribution in [0.15, 0.2) is 29.4 Å². The fourth-order valence-corrected chi connectivity index (χ4v) is 1.07. The lowest BCUT2D eigenvalue weighted by Crippen LogP contribution is -2.28. The first-order valence-corrected chi connectivity index (χ1v) is 5.02. The van der Waals surface area contributed by atoms with Crippen molar-refractivity contribution in [3.63, 3.8) is 0 Å². The molecule has 0 radical (unpaired) electrons. The minimum atomic E-state index is -4.35. The predicted molar refractivity (Wildman–Crippen MR) is 63.8 cm³/mol. The third-order valence-corrected chi connectivity index (χ3v) is 2.12. The highest BCUT2D eigenvalue weighted by Gasteiger charge is 2.30. The monoisotopic (exact) mass is 261 g/mol. The van der Waals surface area contributed by atoms with Crippen LogP contribution in [0, 0.1) is 0 Å². The van der Waals surface area contributed by atoms with Gasteiger partial charge in [-0.1, -0.05) is 12.1 Å².